The maximum Gasteiger partial charge on any atom is 0.332 e. The third-order valence-electron chi connectivity index (χ3n) is 2.47. The lowest BCUT2D eigenvalue weighted by Crippen LogP contribution is -2.46. The van der Waals surface area contributed by atoms with E-state index in [0.717, 1.165) is 12.1 Å². The standard InChI is InChI=1S/C12H15N3O6/c1-3-21-12(18)11(7(2)16)14-13-9-5-4-8(15(19)20)6-10(9)17/h4-6,11,13-14,17H,3H2,1-2H3. The van der Waals surface area contributed by atoms with Crippen molar-refractivity contribution in [2.24, 2.45) is 0 Å². The number of non-ortho nitro benzene ring substituents is 1. The molecule has 0 aromatic heterocycles. The Balaban J connectivity index is 2.79. The number of hydrogen-bond donors (Lipinski definition) is 3. The summed E-state index contributed by atoms with van der Waals surface area (Å²) in [6.45, 7) is 2.92. The Bertz CT molecular complexity index is 560. The second-order valence-corrected chi connectivity index (χ2v) is 4.02. The zero-order chi connectivity index (χ0) is 16.0. The summed E-state index contributed by atoms with van der Waals surface area (Å²) in [7, 11) is 0. The van der Waals surface area contributed by atoms with Gasteiger partial charge in [-0.15, -0.1) is 0 Å². The Morgan fingerprint density at radius 1 is 1.48 bits per heavy atom. The van der Waals surface area contributed by atoms with E-state index in [-0.39, 0.29) is 18.0 Å². The highest BCUT2D eigenvalue weighted by Gasteiger charge is 2.24. The number of rotatable bonds is 7. The predicted octanol–water partition coefficient (Wildman–Crippen LogP) is 0.738. The van der Waals surface area contributed by atoms with Crippen LogP contribution in [-0.2, 0) is 14.3 Å². The normalized spacial score (nSPS) is 11.5. The first-order chi connectivity index (χ1) is 9.86. The quantitative estimate of drug-likeness (QED) is 0.221. The number of hydrogen-bond acceptors (Lipinski definition) is 8. The number of anilines is 1. The van der Waals surface area contributed by atoms with E-state index in [1.165, 1.54) is 13.0 Å². The molecule has 0 saturated heterocycles. The Morgan fingerprint density at radius 3 is 2.62 bits per heavy atom. The van der Waals surface area contributed by atoms with Crippen LogP contribution in [-0.4, -0.2) is 34.4 Å². The van der Waals surface area contributed by atoms with Gasteiger partial charge in [-0.05, 0) is 19.9 Å². The molecule has 0 saturated carbocycles. The number of nitrogens with zero attached hydrogens (tertiary/aromatic N) is 1. The number of Topliss-reactive ketones (excluding diaryl/α,β-unsaturated/α-hetero) is 1. The van der Waals surface area contributed by atoms with Gasteiger partial charge in [0.25, 0.3) is 5.69 Å². The van der Waals surface area contributed by atoms with Crippen molar-refractivity contribution < 1.29 is 24.4 Å². The molecule has 9 heteroatoms. The summed E-state index contributed by atoms with van der Waals surface area (Å²) in [6.07, 6.45) is 0. The Labute approximate surface area is 120 Å². The van der Waals surface area contributed by atoms with Crippen LogP contribution in [0.2, 0.25) is 0 Å². The van der Waals surface area contributed by atoms with Crippen molar-refractivity contribution in [1.29, 1.82) is 0 Å². The van der Waals surface area contributed by atoms with Gasteiger partial charge >= 0.3 is 5.97 Å². The number of nitro benzene ring substituents is 1. The first-order valence-electron chi connectivity index (χ1n) is 6.02. The van der Waals surface area contributed by atoms with Crippen LogP contribution in [0, 0.1) is 10.1 Å². The van der Waals surface area contributed by atoms with E-state index in [4.69, 9.17) is 4.74 Å². The fraction of sp³-hybridized carbons (Fsp3) is 0.333. The van der Waals surface area contributed by atoms with E-state index in [0.29, 0.717) is 0 Å². The molecule has 1 unspecified atom stereocenters. The molecular formula is C12H15N3O6. The number of carbonyl (C=O) groups is 2. The van der Waals surface area contributed by atoms with E-state index in [1.54, 1.807) is 6.92 Å². The SMILES string of the molecule is CCOC(=O)C(NNc1ccc([N+](=O)[O-])cc1O)C(C)=O. The highest BCUT2D eigenvalue weighted by molar-refractivity contribution is 6.02. The van der Waals surface area contributed by atoms with Crippen molar-refractivity contribution >= 4 is 23.1 Å². The van der Waals surface area contributed by atoms with Gasteiger partial charge in [0.2, 0.25) is 0 Å². The van der Waals surface area contributed by atoms with Crippen LogP contribution in [0.15, 0.2) is 18.2 Å². The molecular weight excluding hydrogens is 282 g/mol. The van der Waals surface area contributed by atoms with Gasteiger partial charge in [0.1, 0.15) is 5.75 Å². The number of ketones is 1. The molecule has 0 heterocycles. The summed E-state index contributed by atoms with van der Waals surface area (Å²) in [6, 6.07) is 2.09. The first kappa shape index (κ1) is 16.4. The number of esters is 1. The third kappa shape index (κ3) is 4.42. The highest BCUT2D eigenvalue weighted by Crippen LogP contribution is 2.27. The van der Waals surface area contributed by atoms with E-state index in [2.05, 4.69) is 10.9 Å². The fourth-order valence-corrected chi connectivity index (χ4v) is 1.44. The van der Waals surface area contributed by atoms with E-state index in [1.807, 2.05) is 0 Å². The van der Waals surface area contributed by atoms with Crippen molar-refractivity contribution in [2.75, 3.05) is 12.0 Å². The average molecular weight is 297 g/mol. The zero-order valence-electron chi connectivity index (χ0n) is 11.5. The van der Waals surface area contributed by atoms with Crippen LogP contribution < -0.4 is 10.9 Å². The van der Waals surface area contributed by atoms with E-state index in [9.17, 15) is 24.8 Å². The minimum absolute atomic E-state index is 0.0798. The highest BCUT2D eigenvalue weighted by atomic mass is 16.6. The number of phenols is 1. The summed E-state index contributed by atoms with van der Waals surface area (Å²) >= 11 is 0. The molecule has 0 amide bonds. The van der Waals surface area contributed by atoms with Gasteiger partial charge in [-0.3, -0.25) is 14.9 Å². The fourth-order valence-electron chi connectivity index (χ4n) is 1.44. The second kappa shape index (κ2) is 7.20. The molecule has 114 valence electrons. The van der Waals surface area contributed by atoms with Gasteiger partial charge in [-0.1, -0.05) is 0 Å². The molecule has 0 fully saturated rings. The van der Waals surface area contributed by atoms with Crippen LogP contribution in [0.1, 0.15) is 13.8 Å². The van der Waals surface area contributed by atoms with Crippen LogP contribution >= 0.6 is 0 Å². The number of carbonyl (C=O) groups excluding carboxylic acids is 2. The molecule has 9 nitrogen and oxygen atoms in total. The van der Waals surface area contributed by atoms with Crippen molar-refractivity contribution in [1.82, 2.24) is 5.43 Å². The summed E-state index contributed by atoms with van der Waals surface area (Å²) in [5.41, 5.74) is 4.66. The number of nitro groups is 1. The first-order valence-corrected chi connectivity index (χ1v) is 6.02. The maximum absolute atomic E-state index is 11.5. The molecule has 3 N–H and O–H groups in total. The number of hydrazine groups is 1. The Kier molecular flexibility index (Phi) is 5.61. The predicted molar refractivity (Wildman–Crippen MR) is 72.6 cm³/mol. The lowest BCUT2D eigenvalue weighted by atomic mass is 10.2. The van der Waals surface area contributed by atoms with Crippen molar-refractivity contribution in [3.05, 3.63) is 28.3 Å². The van der Waals surface area contributed by atoms with Crippen molar-refractivity contribution in [3.8, 4) is 5.75 Å². The number of nitrogens with one attached hydrogen (secondary N) is 2. The minimum Gasteiger partial charge on any atom is -0.505 e. The number of phenolic OH excluding ortho intramolecular Hbond substituents is 1. The summed E-state index contributed by atoms with van der Waals surface area (Å²) < 4.78 is 4.72. The minimum atomic E-state index is -1.25. The van der Waals surface area contributed by atoms with Crippen LogP contribution in [0.3, 0.4) is 0 Å². The molecule has 0 bridgehead atoms. The lowest BCUT2D eigenvalue weighted by Gasteiger charge is -2.16. The van der Waals surface area contributed by atoms with Gasteiger partial charge in [0.15, 0.2) is 11.8 Å². The van der Waals surface area contributed by atoms with Crippen LogP contribution in [0.25, 0.3) is 0 Å². The zero-order valence-corrected chi connectivity index (χ0v) is 11.5. The molecule has 0 aliphatic carbocycles. The molecule has 1 aromatic carbocycles. The van der Waals surface area contributed by atoms with Gasteiger partial charge in [-0.2, -0.15) is 0 Å². The van der Waals surface area contributed by atoms with E-state index >= 15 is 0 Å². The topological polar surface area (TPSA) is 131 Å². The molecule has 1 atom stereocenters. The van der Waals surface area contributed by atoms with Gasteiger partial charge < -0.3 is 15.3 Å². The number of aromatic hydroxyl groups is 1. The maximum atomic E-state index is 11.5. The van der Waals surface area contributed by atoms with Gasteiger partial charge in [-0.25, -0.2) is 10.2 Å². The third-order valence-corrected chi connectivity index (χ3v) is 2.47. The summed E-state index contributed by atoms with van der Waals surface area (Å²) in [5.74, 6) is -1.65. The lowest BCUT2D eigenvalue weighted by molar-refractivity contribution is -0.384. The Hall–Kier alpha value is -2.68. The largest absolute Gasteiger partial charge is 0.505 e. The molecule has 1 aromatic rings. The molecule has 0 aliphatic heterocycles. The number of ether oxygens (including phenoxy) is 1. The van der Waals surface area contributed by atoms with Crippen LogP contribution in [0.5, 0.6) is 5.75 Å². The molecule has 0 aliphatic rings. The van der Waals surface area contributed by atoms with Crippen molar-refractivity contribution in [2.45, 2.75) is 19.9 Å². The Morgan fingerprint density at radius 2 is 2.14 bits per heavy atom. The number of benzene rings is 1. The molecule has 0 spiro atoms. The van der Waals surface area contributed by atoms with Crippen molar-refractivity contribution in [3.63, 3.8) is 0 Å². The molecule has 1 rings (SSSR count). The molecule has 21 heavy (non-hydrogen) atoms. The average Bonchev–Trinajstić information content (AvgIpc) is 2.40. The monoisotopic (exact) mass is 297 g/mol. The second-order valence-electron chi connectivity index (χ2n) is 4.02. The van der Waals surface area contributed by atoms with Crippen LogP contribution in [0.4, 0.5) is 11.4 Å². The summed E-state index contributed by atoms with van der Waals surface area (Å²) in [4.78, 5) is 32.8. The van der Waals surface area contributed by atoms with Gasteiger partial charge in [0, 0.05) is 6.07 Å². The smallest absolute Gasteiger partial charge is 0.332 e. The summed E-state index contributed by atoms with van der Waals surface area (Å²) in [5, 5.41) is 20.2. The van der Waals surface area contributed by atoms with E-state index < -0.39 is 28.5 Å². The molecule has 0 radical (unpaired) electrons. The van der Waals surface area contributed by atoms with Gasteiger partial charge in [0.05, 0.1) is 23.3 Å².